The van der Waals surface area contributed by atoms with Gasteiger partial charge >= 0.3 is 35.5 Å². The first-order valence-corrected chi connectivity index (χ1v) is 3.17. The predicted octanol–water partition coefficient (Wildman–Crippen LogP) is -5.46. The largest absolute Gasteiger partial charge is 1.00 e. The summed E-state index contributed by atoms with van der Waals surface area (Å²) in [6, 6.07) is -1.17. The van der Waals surface area contributed by atoms with Crippen LogP contribution in [0, 0.1) is 0 Å². The molecular formula is C6H12NNaO5. The van der Waals surface area contributed by atoms with Crippen molar-refractivity contribution < 1.29 is 54.5 Å². The van der Waals surface area contributed by atoms with E-state index in [4.69, 9.17) is 15.9 Å². The zero-order valence-corrected chi connectivity index (χ0v) is 9.69. The number of aliphatic hydroxyl groups excluding tert-OH is 1. The number of hydrogen-bond donors (Lipinski definition) is 3. The Kier molecular flexibility index (Phi) is 17.0. The van der Waals surface area contributed by atoms with Crippen molar-refractivity contribution in [2.45, 2.75) is 18.9 Å². The molecule has 0 amide bonds. The Morgan fingerprint density at radius 1 is 1.46 bits per heavy atom. The van der Waals surface area contributed by atoms with Gasteiger partial charge in [0.15, 0.2) is 0 Å². The summed E-state index contributed by atoms with van der Waals surface area (Å²) in [5.41, 5.74) is 4.94. The second-order valence-electron chi connectivity index (χ2n) is 1.86. The zero-order valence-electron chi connectivity index (χ0n) is 7.69. The van der Waals surface area contributed by atoms with E-state index in [1.807, 2.05) is 0 Å². The maximum Gasteiger partial charge on any atom is 1.00 e. The fourth-order valence-corrected chi connectivity index (χ4v) is 0.397. The number of aliphatic hydroxyl groups is 1. The topological polar surface area (TPSA) is 124 Å². The summed E-state index contributed by atoms with van der Waals surface area (Å²) < 4.78 is 0. The fraction of sp³-hybridized carbons (Fsp3) is 0.667. The Labute approximate surface area is 98.0 Å². The molecule has 0 fully saturated rings. The van der Waals surface area contributed by atoms with Gasteiger partial charge in [-0.25, -0.2) is 0 Å². The van der Waals surface area contributed by atoms with Gasteiger partial charge in [0.1, 0.15) is 0 Å². The third kappa shape index (κ3) is 14.7. The number of carbonyl (C=O) groups is 2. The molecule has 0 aliphatic heterocycles. The Morgan fingerprint density at radius 2 is 1.85 bits per heavy atom. The SMILES string of the molecule is CO.NC(CCC(=O)O)C(=O)[O-].[Na+]. The van der Waals surface area contributed by atoms with Gasteiger partial charge in [0.05, 0.1) is 5.97 Å². The Hall–Kier alpha value is -0.140. The molecule has 0 bridgehead atoms. The minimum atomic E-state index is -1.42. The van der Waals surface area contributed by atoms with Crippen LogP contribution in [-0.2, 0) is 9.59 Å². The van der Waals surface area contributed by atoms with Crippen molar-refractivity contribution in [3.05, 3.63) is 0 Å². The minimum Gasteiger partial charge on any atom is -0.548 e. The molecule has 6 nitrogen and oxygen atoms in total. The molecule has 0 saturated carbocycles. The van der Waals surface area contributed by atoms with Crippen LogP contribution in [0.3, 0.4) is 0 Å². The monoisotopic (exact) mass is 201 g/mol. The Morgan fingerprint density at radius 3 is 2.08 bits per heavy atom. The van der Waals surface area contributed by atoms with E-state index in [0.29, 0.717) is 0 Å². The van der Waals surface area contributed by atoms with E-state index in [1.54, 1.807) is 0 Å². The first-order chi connectivity index (χ1) is 5.54. The molecule has 1 atom stereocenters. The molecule has 0 rings (SSSR count). The zero-order chi connectivity index (χ0) is 10.1. The predicted molar refractivity (Wildman–Crippen MR) is 38.0 cm³/mol. The normalized spacial score (nSPS) is 10.1. The summed E-state index contributed by atoms with van der Waals surface area (Å²) in [5, 5.41) is 25.0. The summed E-state index contributed by atoms with van der Waals surface area (Å²) in [5.74, 6) is -2.47. The maximum atomic E-state index is 9.88. The van der Waals surface area contributed by atoms with E-state index in [-0.39, 0.29) is 42.4 Å². The number of hydrogen-bond acceptors (Lipinski definition) is 5. The summed E-state index contributed by atoms with van der Waals surface area (Å²) in [7, 11) is 1.00. The number of carboxylic acids is 2. The van der Waals surface area contributed by atoms with Gasteiger partial charge in [-0.1, -0.05) is 0 Å². The van der Waals surface area contributed by atoms with Crippen LogP contribution in [0.25, 0.3) is 0 Å². The molecule has 0 aromatic rings. The van der Waals surface area contributed by atoms with Crippen LogP contribution in [0.5, 0.6) is 0 Å². The molecule has 0 radical (unpaired) electrons. The minimum absolute atomic E-state index is 0. The van der Waals surface area contributed by atoms with Crippen molar-refractivity contribution >= 4 is 11.9 Å². The van der Waals surface area contributed by atoms with Crippen molar-refractivity contribution in [2.24, 2.45) is 5.73 Å². The van der Waals surface area contributed by atoms with E-state index in [0.717, 1.165) is 7.11 Å². The molecule has 0 saturated heterocycles. The number of carbonyl (C=O) groups excluding carboxylic acids is 1. The van der Waals surface area contributed by atoms with Crippen molar-refractivity contribution in [2.75, 3.05) is 7.11 Å². The second-order valence-corrected chi connectivity index (χ2v) is 1.86. The Bertz CT molecular complexity index is 152. The van der Waals surface area contributed by atoms with E-state index in [1.165, 1.54) is 0 Å². The molecule has 72 valence electrons. The Balaban J connectivity index is -0.000000309. The molecule has 0 heterocycles. The smallest absolute Gasteiger partial charge is 0.548 e. The van der Waals surface area contributed by atoms with Crippen molar-refractivity contribution in [1.29, 1.82) is 0 Å². The number of carboxylic acid groups (broad SMARTS) is 2. The fourth-order valence-electron chi connectivity index (χ4n) is 0.397. The van der Waals surface area contributed by atoms with Crippen LogP contribution in [0.1, 0.15) is 12.8 Å². The molecule has 7 heteroatoms. The quantitative estimate of drug-likeness (QED) is 0.390. The van der Waals surface area contributed by atoms with Gasteiger partial charge in [-0.05, 0) is 6.42 Å². The van der Waals surface area contributed by atoms with Crippen LogP contribution < -0.4 is 40.4 Å². The van der Waals surface area contributed by atoms with E-state index >= 15 is 0 Å². The van der Waals surface area contributed by atoms with Gasteiger partial charge in [-0.3, -0.25) is 4.79 Å². The van der Waals surface area contributed by atoms with Crippen LogP contribution in [0.15, 0.2) is 0 Å². The van der Waals surface area contributed by atoms with E-state index in [9.17, 15) is 14.7 Å². The van der Waals surface area contributed by atoms with Crippen LogP contribution in [0.2, 0.25) is 0 Å². The maximum absolute atomic E-state index is 9.88. The third-order valence-corrected chi connectivity index (χ3v) is 0.972. The second kappa shape index (κ2) is 11.9. The standard InChI is InChI=1S/C5H9NO4.CH4O.Na/c6-3(5(9)10)1-2-4(7)8;1-2;/h3H,1-2,6H2,(H,7,8)(H,9,10);2H,1H3;/q;;+1/p-1. The van der Waals surface area contributed by atoms with Crippen LogP contribution >= 0.6 is 0 Å². The van der Waals surface area contributed by atoms with Crippen molar-refractivity contribution in [3.63, 3.8) is 0 Å². The molecule has 0 aliphatic carbocycles. The van der Waals surface area contributed by atoms with Gasteiger partial charge in [-0.2, -0.15) is 0 Å². The molecule has 0 aromatic heterocycles. The van der Waals surface area contributed by atoms with Gasteiger partial charge in [0.25, 0.3) is 0 Å². The number of rotatable bonds is 4. The molecule has 4 N–H and O–H groups in total. The first kappa shape index (κ1) is 18.6. The molecule has 0 aromatic carbocycles. The molecule has 1 unspecified atom stereocenters. The summed E-state index contributed by atoms with van der Waals surface area (Å²) in [6.07, 6.45) is -0.327. The number of nitrogens with two attached hydrogens (primary N) is 1. The van der Waals surface area contributed by atoms with Crippen molar-refractivity contribution in [1.82, 2.24) is 0 Å². The summed E-state index contributed by atoms with van der Waals surface area (Å²) in [6.45, 7) is 0. The van der Waals surface area contributed by atoms with Gasteiger partial charge < -0.3 is 25.8 Å². The van der Waals surface area contributed by atoms with E-state index in [2.05, 4.69) is 0 Å². The van der Waals surface area contributed by atoms with Gasteiger partial charge in [0, 0.05) is 19.6 Å². The van der Waals surface area contributed by atoms with E-state index < -0.39 is 18.0 Å². The first-order valence-electron chi connectivity index (χ1n) is 3.17. The molecule has 13 heavy (non-hydrogen) atoms. The van der Waals surface area contributed by atoms with Crippen LogP contribution in [-0.4, -0.2) is 35.3 Å². The summed E-state index contributed by atoms with van der Waals surface area (Å²) in [4.78, 5) is 19.7. The molecule has 0 spiro atoms. The van der Waals surface area contributed by atoms with Gasteiger partial charge in [-0.15, -0.1) is 0 Å². The number of aliphatic carboxylic acids is 2. The average molecular weight is 201 g/mol. The molecule has 0 aliphatic rings. The van der Waals surface area contributed by atoms with Gasteiger partial charge in [0.2, 0.25) is 0 Å². The third-order valence-electron chi connectivity index (χ3n) is 0.972. The average Bonchev–Trinajstić information content (AvgIpc) is 2.03. The summed E-state index contributed by atoms with van der Waals surface area (Å²) >= 11 is 0. The van der Waals surface area contributed by atoms with Crippen LogP contribution in [0.4, 0.5) is 0 Å². The molecular weight excluding hydrogens is 189 g/mol. The van der Waals surface area contributed by atoms with Crippen molar-refractivity contribution in [3.8, 4) is 0 Å².